The summed E-state index contributed by atoms with van der Waals surface area (Å²) in [6, 6.07) is -1.61. The Hall–Kier alpha value is -2.07. The number of hydrogen-bond acceptors (Lipinski definition) is 4. The molecule has 1 aromatic rings. The molecule has 0 aliphatic carbocycles. The van der Waals surface area contributed by atoms with E-state index in [1.54, 1.807) is 0 Å². The summed E-state index contributed by atoms with van der Waals surface area (Å²) in [7, 11) is 0. The molecule has 0 aliphatic rings. The Morgan fingerprint density at radius 3 is 2.89 bits per heavy atom. The van der Waals surface area contributed by atoms with Crippen LogP contribution in [0.25, 0.3) is 0 Å². The van der Waals surface area contributed by atoms with Gasteiger partial charge in [0, 0.05) is 30.5 Å². The van der Waals surface area contributed by atoms with Crippen LogP contribution >= 0.6 is 11.3 Å². The Kier molecular flexibility index (Phi) is 5.82. The smallest absolute Gasteiger partial charge is 0.327 e. The van der Waals surface area contributed by atoms with Crippen molar-refractivity contribution < 1.29 is 14.7 Å². The lowest BCUT2D eigenvalue weighted by Crippen LogP contribution is -2.46. The van der Waals surface area contributed by atoms with Crippen LogP contribution in [0.15, 0.2) is 5.38 Å². The average molecular weight is 281 g/mol. The molecule has 0 bridgehead atoms. The van der Waals surface area contributed by atoms with E-state index in [4.69, 9.17) is 11.5 Å². The number of aromatic nitrogens is 1. The highest BCUT2D eigenvalue weighted by molar-refractivity contribution is 7.09. The minimum atomic E-state index is -1.15. The SMILES string of the molecule is C#CCC(NC(=O)NCCc1nc(C)cs1)C(=O)O. The van der Waals surface area contributed by atoms with Gasteiger partial charge in [0.25, 0.3) is 0 Å². The number of nitrogens with zero attached hydrogens (tertiary/aromatic N) is 1. The molecular weight excluding hydrogens is 266 g/mol. The molecule has 0 spiro atoms. The Morgan fingerprint density at radius 2 is 2.37 bits per heavy atom. The number of carboxylic acids is 1. The molecular formula is C12H15N3O3S. The van der Waals surface area contributed by atoms with Crippen molar-refractivity contribution in [3.63, 3.8) is 0 Å². The van der Waals surface area contributed by atoms with Crippen molar-refractivity contribution in [2.45, 2.75) is 25.8 Å². The lowest BCUT2D eigenvalue weighted by atomic mass is 10.2. The van der Waals surface area contributed by atoms with Gasteiger partial charge >= 0.3 is 12.0 Å². The number of terminal acetylenes is 1. The monoisotopic (exact) mass is 281 g/mol. The summed E-state index contributed by atoms with van der Waals surface area (Å²) >= 11 is 1.52. The maximum Gasteiger partial charge on any atom is 0.327 e. The molecule has 19 heavy (non-hydrogen) atoms. The molecule has 1 rings (SSSR count). The van der Waals surface area contributed by atoms with Gasteiger partial charge in [0.05, 0.1) is 5.01 Å². The number of amides is 2. The fourth-order valence-electron chi connectivity index (χ4n) is 1.33. The van der Waals surface area contributed by atoms with Gasteiger partial charge in [-0.05, 0) is 6.92 Å². The molecule has 0 saturated heterocycles. The number of aliphatic carboxylic acids is 1. The third-order valence-corrected chi connectivity index (χ3v) is 3.24. The minimum Gasteiger partial charge on any atom is -0.480 e. The van der Waals surface area contributed by atoms with Crippen molar-refractivity contribution >= 4 is 23.3 Å². The van der Waals surface area contributed by atoms with E-state index in [2.05, 4.69) is 21.5 Å². The zero-order valence-electron chi connectivity index (χ0n) is 10.5. The Labute approximate surface area is 115 Å². The van der Waals surface area contributed by atoms with Crippen LogP contribution in [0.5, 0.6) is 0 Å². The maximum atomic E-state index is 11.5. The van der Waals surface area contributed by atoms with Crippen LogP contribution in [0.1, 0.15) is 17.1 Å². The minimum absolute atomic E-state index is 0.0472. The van der Waals surface area contributed by atoms with Crippen LogP contribution in [0.4, 0.5) is 4.79 Å². The summed E-state index contributed by atoms with van der Waals surface area (Å²) in [6.45, 7) is 2.29. The summed E-state index contributed by atoms with van der Waals surface area (Å²) in [6.07, 6.45) is 5.59. The fourth-order valence-corrected chi connectivity index (χ4v) is 2.10. The summed E-state index contributed by atoms with van der Waals surface area (Å²) in [5, 5.41) is 16.5. The molecule has 1 unspecified atom stereocenters. The van der Waals surface area contributed by atoms with Crippen molar-refractivity contribution in [3.8, 4) is 12.3 Å². The third-order valence-electron chi connectivity index (χ3n) is 2.22. The van der Waals surface area contributed by atoms with Crippen molar-refractivity contribution in [2.75, 3.05) is 6.54 Å². The largest absolute Gasteiger partial charge is 0.480 e. The summed E-state index contributed by atoms with van der Waals surface area (Å²) in [4.78, 5) is 26.5. The highest BCUT2D eigenvalue weighted by Gasteiger charge is 2.18. The van der Waals surface area contributed by atoms with Gasteiger partial charge in [-0.2, -0.15) is 0 Å². The zero-order chi connectivity index (χ0) is 14.3. The van der Waals surface area contributed by atoms with Gasteiger partial charge in [-0.25, -0.2) is 14.6 Å². The van der Waals surface area contributed by atoms with Crippen molar-refractivity contribution in [1.82, 2.24) is 15.6 Å². The van der Waals surface area contributed by atoms with Gasteiger partial charge in [0.15, 0.2) is 0 Å². The molecule has 0 fully saturated rings. The second-order valence-electron chi connectivity index (χ2n) is 3.83. The normalized spacial score (nSPS) is 11.4. The van der Waals surface area contributed by atoms with E-state index in [9.17, 15) is 9.59 Å². The van der Waals surface area contributed by atoms with E-state index in [-0.39, 0.29) is 6.42 Å². The first-order valence-corrected chi connectivity index (χ1v) is 6.52. The van der Waals surface area contributed by atoms with Crippen molar-refractivity contribution in [2.24, 2.45) is 0 Å². The van der Waals surface area contributed by atoms with E-state index in [0.29, 0.717) is 13.0 Å². The molecule has 102 valence electrons. The van der Waals surface area contributed by atoms with E-state index in [0.717, 1.165) is 10.7 Å². The van der Waals surface area contributed by atoms with Gasteiger partial charge < -0.3 is 15.7 Å². The van der Waals surface area contributed by atoms with Crippen LogP contribution in [0.3, 0.4) is 0 Å². The maximum absolute atomic E-state index is 11.5. The molecule has 6 nitrogen and oxygen atoms in total. The van der Waals surface area contributed by atoms with E-state index >= 15 is 0 Å². The number of nitrogens with one attached hydrogen (secondary N) is 2. The first-order valence-electron chi connectivity index (χ1n) is 5.64. The number of carboxylic acid groups (broad SMARTS) is 1. The molecule has 0 aromatic carbocycles. The second-order valence-corrected chi connectivity index (χ2v) is 4.77. The molecule has 0 radical (unpaired) electrons. The Balaban J connectivity index is 2.31. The molecule has 1 atom stereocenters. The van der Waals surface area contributed by atoms with Crippen LogP contribution in [-0.2, 0) is 11.2 Å². The highest BCUT2D eigenvalue weighted by atomic mass is 32.1. The van der Waals surface area contributed by atoms with Gasteiger partial charge in [-0.1, -0.05) is 0 Å². The standard InChI is InChI=1S/C12H15N3O3S/c1-3-4-9(11(16)17)15-12(18)13-6-5-10-14-8(2)7-19-10/h1,7,9H,4-6H2,2H3,(H,16,17)(H2,13,15,18). The lowest BCUT2D eigenvalue weighted by Gasteiger charge is -2.12. The first-order chi connectivity index (χ1) is 9.02. The molecule has 0 aliphatic heterocycles. The highest BCUT2D eigenvalue weighted by Crippen LogP contribution is 2.08. The lowest BCUT2D eigenvalue weighted by molar-refractivity contribution is -0.139. The predicted molar refractivity (Wildman–Crippen MR) is 72.0 cm³/mol. The van der Waals surface area contributed by atoms with E-state index in [1.165, 1.54) is 11.3 Å². The Bertz CT molecular complexity index is 493. The number of carbonyl (C=O) groups excluding carboxylic acids is 1. The van der Waals surface area contributed by atoms with Crippen LogP contribution in [0.2, 0.25) is 0 Å². The van der Waals surface area contributed by atoms with Crippen molar-refractivity contribution in [1.29, 1.82) is 0 Å². The number of rotatable bonds is 6. The van der Waals surface area contributed by atoms with Crippen LogP contribution in [-0.4, -0.2) is 34.7 Å². The summed E-state index contributed by atoms with van der Waals surface area (Å²) < 4.78 is 0. The average Bonchev–Trinajstić information content (AvgIpc) is 2.74. The number of aryl methyl sites for hydroxylation is 1. The Morgan fingerprint density at radius 1 is 1.63 bits per heavy atom. The van der Waals surface area contributed by atoms with Crippen molar-refractivity contribution in [3.05, 3.63) is 16.1 Å². The van der Waals surface area contributed by atoms with Gasteiger partial charge in [0.1, 0.15) is 6.04 Å². The summed E-state index contributed by atoms with van der Waals surface area (Å²) in [5.74, 6) is 1.06. The van der Waals surface area contributed by atoms with Gasteiger partial charge in [0.2, 0.25) is 0 Å². The van der Waals surface area contributed by atoms with Crippen LogP contribution < -0.4 is 10.6 Å². The first kappa shape index (κ1) is 15.0. The number of thiazole rings is 1. The van der Waals surface area contributed by atoms with Gasteiger partial charge in [-0.3, -0.25) is 0 Å². The zero-order valence-corrected chi connectivity index (χ0v) is 11.3. The number of carbonyl (C=O) groups is 2. The fraction of sp³-hybridized carbons (Fsp3) is 0.417. The van der Waals surface area contributed by atoms with Gasteiger partial charge in [-0.15, -0.1) is 23.7 Å². The van der Waals surface area contributed by atoms with E-state index < -0.39 is 18.0 Å². The molecule has 1 aromatic heterocycles. The number of hydrogen-bond donors (Lipinski definition) is 3. The van der Waals surface area contributed by atoms with Crippen LogP contribution in [0, 0.1) is 19.3 Å². The second kappa shape index (κ2) is 7.38. The third kappa shape index (κ3) is 5.40. The van der Waals surface area contributed by atoms with E-state index in [1.807, 2.05) is 12.3 Å². The molecule has 7 heteroatoms. The topological polar surface area (TPSA) is 91.3 Å². The summed E-state index contributed by atoms with van der Waals surface area (Å²) in [5.41, 5.74) is 0.949. The molecule has 2 amide bonds. The number of urea groups is 1. The quantitative estimate of drug-likeness (QED) is 0.672. The predicted octanol–water partition coefficient (Wildman–Crippen LogP) is 0.770. The molecule has 3 N–H and O–H groups in total. The molecule has 1 heterocycles. The molecule has 0 saturated carbocycles.